The molecule has 0 N–H and O–H groups in total. The molecule has 3 heterocycles. The summed E-state index contributed by atoms with van der Waals surface area (Å²) in [6, 6.07) is 4.44. The summed E-state index contributed by atoms with van der Waals surface area (Å²) < 4.78 is 41.6. The average molecular weight is 438 g/mol. The summed E-state index contributed by atoms with van der Waals surface area (Å²) in [4.78, 5) is 14.7. The van der Waals surface area contributed by atoms with Crippen molar-refractivity contribution in [3.05, 3.63) is 69.4 Å². The molecule has 10 heteroatoms. The monoisotopic (exact) mass is 437 g/mol. The molecule has 6 nitrogen and oxygen atoms in total. The van der Waals surface area contributed by atoms with Gasteiger partial charge >= 0.3 is 6.18 Å². The molecule has 0 saturated carbocycles. The summed E-state index contributed by atoms with van der Waals surface area (Å²) in [5.74, 6) is 0.385. The third-order valence-corrected chi connectivity index (χ3v) is 5.58. The Bertz CT molecular complexity index is 1120. The van der Waals surface area contributed by atoms with Crippen molar-refractivity contribution in [2.75, 3.05) is 18.0 Å². The number of hydrogen-bond donors (Lipinski definition) is 0. The predicted molar refractivity (Wildman–Crippen MR) is 107 cm³/mol. The van der Waals surface area contributed by atoms with Crippen LogP contribution < -0.4 is 10.5 Å². The Hall–Kier alpha value is -2.81. The molecule has 0 aliphatic carbocycles. The highest BCUT2D eigenvalue weighted by atomic mass is 35.5. The fraction of sp³-hybridized carbons (Fsp3) is 0.350. The Balaban J connectivity index is 1.56. The van der Waals surface area contributed by atoms with Gasteiger partial charge in [0.1, 0.15) is 5.02 Å². The molecule has 0 bridgehead atoms. The van der Waals surface area contributed by atoms with Crippen molar-refractivity contribution in [3.8, 4) is 5.69 Å². The first-order valence-electron chi connectivity index (χ1n) is 9.40. The molecular weight excluding hydrogens is 419 g/mol. The van der Waals surface area contributed by atoms with Gasteiger partial charge in [0.05, 0.1) is 29.3 Å². The van der Waals surface area contributed by atoms with Crippen LogP contribution in [0.25, 0.3) is 5.69 Å². The van der Waals surface area contributed by atoms with Crippen LogP contribution in [-0.2, 0) is 19.6 Å². The predicted octanol–water partition coefficient (Wildman–Crippen LogP) is 3.71. The van der Waals surface area contributed by atoms with Crippen molar-refractivity contribution < 1.29 is 13.2 Å². The standard InChI is InChI=1S/C20H19ClF3N5O/c1-27-11-14(9-25-27)7-13-5-6-28(12-13)17-10-26-29(19(30)18(17)21)16-4-2-3-15(8-16)20(22,23)24/h2-4,8-11,13H,5-7,12H2,1H3. The average Bonchev–Trinajstić information content (AvgIpc) is 3.32. The van der Waals surface area contributed by atoms with Gasteiger partial charge in [-0.05, 0) is 42.5 Å². The van der Waals surface area contributed by atoms with E-state index < -0.39 is 17.3 Å². The first kappa shape index (κ1) is 20.5. The zero-order chi connectivity index (χ0) is 21.5. The van der Waals surface area contributed by atoms with Gasteiger partial charge in [-0.3, -0.25) is 9.48 Å². The maximum atomic E-state index is 13.0. The third-order valence-electron chi connectivity index (χ3n) is 5.23. The number of anilines is 1. The molecule has 0 radical (unpaired) electrons. The molecule has 1 aliphatic heterocycles. The molecule has 1 aromatic carbocycles. The summed E-state index contributed by atoms with van der Waals surface area (Å²) in [5, 5.41) is 8.21. The molecule has 1 saturated heterocycles. The minimum absolute atomic E-state index is 0.0131. The maximum Gasteiger partial charge on any atom is 0.416 e. The lowest BCUT2D eigenvalue weighted by molar-refractivity contribution is -0.137. The quantitative estimate of drug-likeness (QED) is 0.624. The van der Waals surface area contributed by atoms with Crippen molar-refractivity contribution in [1.29, 1.82) is 0 Å². The second-order valence-electron chi connectivity index (χ2n) is 7.44. The fourth-order valence-electron chi connectivity index (χ4n) is 3.77. The van der Waals surface area contributed by atoms with Gasteiger partial charge in [0, 0.05) is 26.3 Å². The molecule has 4 rings (SSSR count). The molecule has 1 unspecified atom stereocenters. The van der Waals surface area contributed by atoms with E-state index in [2.05, 4.69) is 10.2 Å². The van der Waals surface area contributed by atoms with E-state index in [4.69, 9.17) is 11.6 Å². The molecular formula is C20H19ClF3N5O. The van der Waals surface area contributed by atoms with Gasteiger partial charge in [0.15, 0.2) is 0 Å². The Morgan fingerprint density at radius 2 is 2.03 bits per heavy atom. The van der Waals surface area contributed by atoms with E-state index in [0.29, 0.717) is 18.2 Å². The number of aromatic nitrogens is 4. The highest BCUT2D eigenvalue weighted by molar-refractivity contribution is 6.33. The zero-order valence-corrected chi connectivity index (χ0v) is 16.9. The van der Waals surface area contributed by atoms with E-state index >= 15 is 0 Å². The fourth-order valence-corrected chi connectivity index (χ4v) is 4.02. The van der Waals surface area contributed by atoms with Crippen LogP contribution in [0.5, 0.6) is 0 Å². The summed E-state index contributed by atoms with van der Waals surface area (Å²) in [5.41, 5.74) is 0.155. The van der Waals surface area contributed by atoms with Gasteiger partial charge < -0.3 is 4.90 Å². The van der Waals surface area contributed by atoms with Gasteiger partial charge in [-0.2, -0.15) is 28.1 Å². The maximum absolute atomic E-state index is 13.0. The molecule has 30 heavy (non-hydrogen) atoms. The lowest BCUT2D eigenvalue weighted by atomic mass is 10.0. The molecule has 158 valence electrons. The molecule has 0 amide bonds. The van der Waals surface area contributed by atoms with E-state index in [-0.39, 0.29) is 10.7 Å². The molecule has 1 aliphatic rings. The lowest BCUT2D eigenvalue weighted by Gasteiger charge is -2.20. The van der Waals surface area contributed by atoms with Crippen molar-refractivity contribution in [3.63, 3.8) is 0 Å². The number of hydrogen-bond acceptors (Lipinski definition) is 4. The minimum atomic E-state index is -4.51. The summed E-state index contributed by atoms with van der Waals surface area (Å²) >= 11 is 6.32. The van der Waals surface area contributed by atoms with Crippen molar-refractivity contribution >= 4 is 17.3 Å². The normalized spacial score (nSPS) is 17.0. The summed E-state index contributed by atoms with van der Waals surface area (Å²) in [7, 11) is 1.87. The summed E-state index contributed by atoms with van der Waals surface area (Å²) in [6.45, 7) is 1.43. The van der Waals surface area contributed by atoms with Crippen molar-refractivity contribution in [2.45, 2.75) is 19.0 Å². The number of aryl methyl sites for hydroxylation is 1. The van der Waals surface area contributed by atoms with Crippen LogP contribution in [0.4, 0.5) is 18.9 Å². The molecule has 0 spiro atoms. The molecule has 1 atom stereocenters. The largest absolute Gasteiger partial charge is 0.416 e. The van der Waals surface area contributed by atoms with E-state index in [0.717, 1.165) is 41.8 Å². The number of nitrogens with zero attached hydrogens (tertiary/aromatic N) is 5. The van der Waals surface area contributed by atoms with Crippen LogP contribution in [0.1, 0.15) is 17.5 Å². The van der Waals surface area contributed by atoms with Gasteiger partial charge in [0.2, 0.25) is 0 Å². The van der Waals surface area contributed by atoms with Crippen LogP contribution in [0.3, 0.4) is 0 Å². The van der Waals surface area contributed by atoms with E-state index in [9.17, 15) is 18.0 Å². The van der Waals surface area contributed by atoms with Crippen LogP contribution >= 0.6 is 11.6 Å². The number of halogens is 4. The Morgan fingerprint density at radius 1 is 1.23 bits per heavy atom. The van der Waals surface area contributed by atoms with Crippen molar-refractivity contribution in [1.82, 2.24) is 19.6 Å². The van der Waals surface area contributed by atoms with E-state index in [1.54, 1.807) is 4.68 Å². The summed E-state index contributed by atoms with van der Waals surface area (Å²) in [6.07, 6.45) is 2.55. The van der Waals surface area contributed by atoms with Crippen LogP contribution in [0, 0.1) is 5.92 Å². The first-order valence-corrected chi connectivity index (χ1v) is 9.78. The number of benzene rings is 1. The molecule has 1 fully saturated rings. The molecule has 2 aromatic heterocycles. The van der Waals surface area contributed by atoms with E-state index in [1.165, 1.54) is 18.3 Å². The smallest absolute Gasteiger partial charge is 0.369 e. The third kappa shape index (κ3) is 4.07. The second-order valence-corrected chi connectivity index (χ2v) is 7.81. The van der Waals surface area contributed by atoms with Crippen LogP contribution in [0.15, 0.2) is 47.7 Å². The molecule has 3 aromatic rings. The zero-order valence-electron chi connectivity index (χ0n) is 16.1. The SMILES string of the molecule is Cn1cc(CC2CCN(c3cnn(-c4cccc(C(F)(F)F)c4)c(=O)c3Cl)C2)cn1. The Morgan fingerprint density at radius 3 is 2.73 bits per heavy atom. The Labute approximate surface area is 175 Å². The topological polar surface area (TPSA) is 56.0 Å². The minimum Gasteiger partial charge on any atom is -0.369 e. The van der Waals surface area contributed by atoms with Crippen LogP contribution in [-0.4, -0.2) is 32.7 Å². The van der Waals surface area contributed by atoms with Gasteiger partial charge in [-0.15, -0.1) is 0 Å². The Kier molecular flexibility index (Phi) is 5.31. The highest BCUT2D eigenvalue weighted by Gasteiger charge is 2.31. The highest BCUT2D eigenvalue weighted by Crippen LogP contribution is 2.31. The van der Waals surface area contributed by atoms with Gasteiger partial charge in [0.25, 0.3) is 5.56 Å². The van der Waals surface area contributed by atoms with Gasteiger partial charge in [-0.1, -0.05) is 17.7 Å². The van der Waals surface area contributed by atoms with Gasteiger partial charge in [-0.25, -0.2) is 0 Å². The van der Waals surface area contributed by atoms with Crippen molar-refractivity contribution in [2.24, 2.45) is 13.0 Å². The van der Waals surface area contributed by atoms with E-state index in [1.807, 2.05) is 24.3 Å². The number of alkyl halides is 3. The first-order chi connectivity index (χ1) is 14.2. The lowest BCUT2D eigenvalue weighted by Crippen LogP contribution is -2.27. The second kappa shape index (κ2) is 7.79. The van der Waals surface area contributed by atoms with Crippen LogP contribution in [0.2, 0.25) is 5.02 Å². The number of rotatable bonds is 4.